The van der Waals surface area contributed by atoms with Crippen LogP contribution in [0.2, 0.25) is 0 Å². The Morgan fingerprint density at radius 3 is 2.33 bits per heavy atom. The first-order chi connectivity index (χ1) is 15.6. The van der Waals surface area contributed by atoms with Gasteiger partial charge in [0.2, 0.25) is 5.91 Å². The predicted molar refractivity (Wildman–Crippen MR) is 131 cm³/mol. The average molecular weight is 478 g/mol. The highest BCUT2D eigenvalue weighted by Gasteiger charge is 2.24. The molecule has 0 radical (unpaired) electrons. The summed E-state index contributed by atoms with van der Waals surface area (Å²) >= 11 is 1.64. The van der Waals surface area contributed by atoms with Crippen LogP contribution in [0.1, 0.15) is 49.4 Å². The maximum absolute atomic E-state index is 13.4. The van der Waals surface area contributed by atoms with Gasteiger partial charge in [0.05, 0.1) is 6.54 Å². The Morgan fingerprint density at radius 2 is 1.76 bits per heavy atom. The van der Waals surface area contributed by atoms with Crippen molar-refractivity contribution >= 4 is 23.3 Å². The molecule has 33 heavy (non-hydrogen) atoms. The van der Waals surface area contributed by atoms with E-state index in [1.54, 1.807) is 33.3 Å². The number of benzene rings is 1. The Labute approximate surface area is 200 Å². The predicted octanol–water partition coefficient (Wildman–Crippen LogP) is 4.96. The normalized spacial score (nSPS) is 11.3. The summed E-state index contributed by atoms with van der Waals surface area (Å²) in [4.78, 5) is 31.8. The number of urea groups is 1. The van der Waals surface area contributed by atoms with Gasteiger partial charge in [0.15, 0.2) is 0 Å². The maximum atomic E-state index is 13.4. The van der Waals surface area contributed by atoms with E-state index in [1.165, 1.54) is 17.0 Å². The highest BCUT2D eigenvalue weighted by molar-refractivity contribution is 7.11. The Balaban J connectivity index is 2.17. The van der Waals surface area contributed by atoms with Crippen LogP contribution in [0.5, 0.6) is 0 Å². The molecular formula is C25H36FN3O3S. The number of thiophene rings is 1. The lowest BCUT2D eigenvalue weighted by Gasteiger charge is -2.30. The van der Waals surface area contributed by atoms with Gasteiger partial charge in [-0.15, -0.1) is 11.3 Å². The number of ether oxygens (including phenoxy) is 1. The smallest absolute Gasteiger partial charge is 0.318 e. The number of hydrogen-bond donors (Lipinski definition) is 1. The van der Waals surface area contributed by atoms with Crippen LogP contribution in [0.4, 0.5) is 9.18 Å². The van der Waals surface area contributed by atoms with Gasteiger partial charge in [-0.05, 0) is 70.9 Å². The second-order valence-corrected chi connectivity index (χ2v) is 10.4. The van der Waals surface area contributed by atoms with Crippen LogP contribution in [-0.2, 0) is 22.6 Å². The minimum absolute atomic E-state index is 0.0421. The SMILES string of the molecule is CCOCCCN(CC(=O)N(Cc1ccc(F)cc1)Cc1ccc(C)s1)C(=O)NC(C)(C)C. The first-order valence-electron chi connectivity index (χ1n) is 11.3. The lowest BCUT2D eigenvalue weighted by atomic mass is 10.1. The molecular weight excluding hydrogens is 441 g/mol. The Bertz CT molecular complexity index is 893. The van der Waals surface area contributed by atoms with Crippen LogP contribution in [0.3, 0.4) is 0 Å². The van der Waals surface area contributed by atoms with Crippen LogP contribution in [0, 0.1) is 12.7 Å². The van der Waals surface area contributed by atoms with E-state index in [1.807, 2.05) is 46.8 Å². The summed E-state index contributed by atoms with van der Waals surface area (Å²) in [5, 5.41) is 2.95. The van der Waals surface area contributed by atoms with E-state index in [4.69, 9.17) is 4.74 Å². The lowest BCUT2D eigenvalue weighted by Crippen LogP contribution is -2.51. The number of nitrogens with zero attached hydrogens (tertiary/aromatic N) is 2. The van der Waals surface area contributed by atoms with E-state index in [2.05, 4.69) is 5.32 Å². The third-order valence-electron chi connectivity index (χ3n) is 4.80. The van der Waals surface area contributed by atoms with E-state index in [0.29, 0.717) is 39.3 Å². The largest absolute Gasteiger partial charge is 0.382 e. The molecule has 0 unspecified atom stereocenters. The molecule has 0 aliphatic carbocycles. The fourth-order valence-electron chi connectivity index (χ4n) is 3.22. The number of carbonyl (C=O) groups excluding carboxylic acids is 2. The molecule has 1 aromatic carbocycles. The van der Waals surface area contributed by atoms with E-state index in [-0.39, 0.29) is 24.3 Å². The number of nitrogens with one attached hydrogen (secondary N) is 1. The highest BCUT2D eigenvalue weighted by atomic mass is 32.1. The third-order valence-corrected chi connectivity index (χ3v) is 5.78. The van der Waals surface area contributed by atoms with Crippen molar-refractivity contribution in [3.8, 4) is 0 Å². The molecule has 0 saturated heterocycles. The molecule has 3 amide bonds. The van der Waals surface area contributed by atoms with Crippen LogP contribution < -0.4 is 5.32 Å². The van der Waals surface area contributed by atoms with Crippen molar-refractivity contribution in [3.63, 3.8) is 0 Å². The van der Waals surface area contributed by atoms with Crippen LogP contribution >= 0.6 is 11.3 Å². The molecule has 0 bridgehead atoms. The molecule has 1 heterocycles. The fraction of sp³-hybridized carbons (Fsp3) is 0.520. The third kappa shape index (κ3) is 9.92. The molecule has 0 atom stereocenters. The van der Waals surface area contributed by atoms with Gasteiger partial charge in [-0.3, -0.25) is 4.79 Å². The van der Waals surface area contributed by atoms with Crippen molar-refractivity contribution in [2.24, 2.45) is 0 Å². The Morgan fingerprint density at radius 1 is 1.06 bits per heavy atom. The summed E-state index contributed by atoms with van der Waals surface area (Å²) in [7, 11) is 0. The molecule has 1 aromatic heterocycles. The standard InChI is InChI=1S/C25H36FN3O3S/c1-6-32-15-7-14-28(24(31)27-25(3,4)5)18-23(30)29(17-22-13-8-19(2)33-22)16-20-9-11-21(26)12-10-20/h8-13H,6-7,14-18H2,1-5H3,(H,27,31). The highest BCUT2D eigenvalue weighted by Crippen LogP contribution is 2.19. The quantitative estimate of drug-likeness (QED) is 0.465. The first-order valence-corrected chi connectivity index (χ1v) is 12.1. The lowest BCUT2D eigenvalue weighted by molar-refractivity contribution is -0.133. The van der Waals surface area contributed by atoms with Crippen molar-refractivity contribution < 1.29 is 18.7 Å². The summed E-state index contributed by atoms with van der Waals surface area (Å²) < 4.78 is 18.8. The van der Waals surface area contributed by atoms with Crippen molar-refractivity contribution in [1.82, 2.24) is 15.1 Å². The van der Waals surface area contributed by atoms with Gasteiger partial charge >= 0.3 is 6.03 Å². The van der Waals surface area contributed by atoms with Gasteiger partial charge in [-0.2, -0.15) is 0 Å². The molecule has 2 aromatic rings. The van der Waals surface area contributed by atoms with Gasteiger partial charge < -0.3 is 19.9 Å². The number of halogens is 1. The topological polar surface area (TPSA) is 61.9 Å². The molecule has 8 heteroatoms. The molecule has 0 aliphatic heterocycles. The molecule has 0 fully saturated rings. The Hall–Kier alpha value is -2.45. The summed E-state index contributed by atoms with van der Waals surface area (Å²) in [6.45, 7) is 11.9. The molecule has 6 nitrogen and oxygen atoms in total. The van der Waals surface area contributed by atoms with Crippen molar-refractivity contribution in [3.05, 3.63) is 57.5 Å². The number of amides is 3. The molecule has 0 aliphatic rings. The van der Waals surface area contributed by atoms with Crippen LogP contribution in [0.15, 0.2) is 36.4 Å². The summed E-state index contributed by atoms with van der Waals surface area (Å²) in [5.74, 6) is -0.476. The molecule has 2 rings (SSSR count). The van der Waals surface area contributed by atoms with Gasteiger partial charge in [-0.1, -0.05) is 12.1 Å². The summed E-state index contributed by atoms with van der Waals surface area (Å²) in [6, 6.07) is 9.91. The van der Waals surface area contributed by atoms with Crippen LogP contribution in [0.25, 0.3) is 0 Å². The molecule has 1 N–H and O–H groups in total. The number of rotatable bonds is 11. The van der Waals surface area contributed by atoms with E-state index < -0.39 is 5.54 Å². The van der Waals surface area contributed by atoms with Gasteiger partial charge in [0.1, 0.15) is 12.4 Å². The Kier molecular flexibility index (Phi) is 10.3. The van der Waals surface area contributed by atoms with Gasteiger partial charge in [-0.25, -0.2) is 9.18 Å². The fourth-order valence-corrected chi connectivity index (χ4v) is 4.12. The number of aryl methyl sites for hydroxylation is 1. The minimum Gasteiger partial charge on any atom is -0.382 e. The summed E-state index contributed by atoms with van der Waals surface area (Å²) in [6.07, 6.45) is 0.640. The van der Waals surface area contributed by atoms with E-state index >= 15 is 0 Å². The van der Waals surface area contributed by atoms with Crippen molar-refractivity contribution in [2.45, 2.75) is 59.7 Å². The van der Waals surface area contributed by atoms with Crippen molar-refractivity contribution in [2.75, 3.05) is 26.3 Å². The first kappa shape index (κ1) is 26.8. The second-order valence-electron chi connectivity index (χ2n) is 9.04. The second kappa shape index (κ2) is 12.7. The monoisotopic (exact) mass is 477 g/mol. The zero-order valence-corrected chi connectivity index (χ0v) is 21.1. The van der Waals surface area contributed by atoms with Gasteiger partial charge in [0, 0.05) is 41.6 Å². The summed E-state index contributed by atoms with van der Waals surface area (Å²) in [5.41, 5.74) is 0.417. The zero-order chi connectivity index (χ0) is 24.4. The maximum Gasteiger partial charge on any atom is 0.318 e. The number of carbonyl (C=O) groups is 2. The minimum atomic E-state index is -0.416. The van der Waals surface area contributed by atoms with Crippen LogP contribution in [-0.4, -0.2) is 53.6 Å². The van der Waals surface area contributed by atoms with Crippen molar-refractivity contribution in [1.29, 1.82) is 0 Å². The zero-order valence-electron chi connectivity index (χ0n) is 20.3. The number of hydrogen-bond acceptors (Lipinski definition) is 4. The molecule has 0 saturated carbocycles. The average Bonchev–Trinajstić information content (AvgIpc) is 3.14. The van der Waals surface area contributed by atoms with Gasteiger partial charge in [0.25, 0.3) is 0 Å². The molecule has 182 valence electrons. The van der Waals surface area contributed by atoms with E-state index in [9.17, 15) is 14.0 Å². The molecule has 0 spiro atoms. The van der Waals surface area contributed by atoms with E-state index in [0.717, 1.165) is 10.4 Å².